The Hall–Kier alpha value is -0.160. The second kappa shape index (κ2) is 5.96. The third-order valence-electron chi connectivity index (χ3n) is 4.01. The molecule has 2 atom stereocenters. The monoisotopic (exact) mass is 229 g/mol. The van der Waals surface area contributed by atoms with E-state index in [1.807, 2.05) is 0 Å². The molecule has 0 aliphatic carbocycles. The lowest BCUT2D eigenvalue weighted by atomic mass is 9.86. The molecule has 96 valence electrons. The highest BCUT2D eigenvalue weighted by Gasteiger charge is 2.34. The third kappa shape index (κ3) is 3.42. The summed E-state index contributed by atoms with van der Waals surface area (Å²) in [4.78, 5) is 2.34. The molecule has 0 aromatic rings. The zero-order chi connectivity index (χ0) is 12.2. The van der Waals surface area contributed by atoms with E-state index in [9.17, 15) is 0 Å². The first-order chi connectivity index (χ1) is 7.53. The van der Waals surface area contributed by atoms with Gasteiger partial charge in [0.25, 0.3) is 0 Å². The average Bonchev–Trinajstić information content (AvgIpc) is 2.31. The van der Waals surface area contributed by atoms with Gasteiger partial charge in [0, 0.05) is 24.7 Å². The van der Waals surface area contributed by atoms with Crippen molar-refractivity contribution in [3.05, 3.63) is 0 Å². The van der Waals surface area contributed by atoms with Gasteiger partial charge in [0.2, 0.25) is 0 Å². The van der Waals surface area contributed by atoms with Crippen molar-refractivity contribution >= 4 is 0 Å². The zero-order valence-corrected chi connectivity index (χ0v) is 10.9. The SMILES string of the molecule is CC(CO)C(C)NC1(CN)CCN(C)CC1. The molecule has 0 amide bonds. The molecule has 4 N–H and O–H groups in total. The maximum absolute atomic E-state index is 9.15. The summed E-state index contributed by atoms with van der Waals surface area (Å²) in [5, 5.41) is 12.8. The van der Waals surface area contributed by atoms with Crippen LogP contribution in [0.3, 0.4) is 0 Å². The van der Waals surface area contributed by atoms with Crippen LogP contribution in [0.15, 0.2) is 0 Å². The Labute approximate surface area is 99.2 Å². The van der Waals surface area contributed by atoms with Crippen LogP contribution in [0.5, 0.6) is 0 Å². The Morgan fingerprint density at radius 1 is 1.38 bits per heavy atom. The van der Waals surface area contributed by atoms with Crippen molar-refractivity contribution < 1.29 is 5.11 Å². The Morgan fingerprint density at radius 2 is 1.94 bits per heavy atom. The van der Waals surface area contributed by atoms with Crippen molar-refractivity contribution in [2.45, 2.75) is 38.3 Å². The van der Waals surface area contributed by atoms with Gasteiger partial charge in [-0.25, -0.2) is 0 Å². The molecule has 0 saturated carbocycles. The van der Waals surface area contributed by atoms with E-state index in [-0.39, 0.29) is 18.1 Å². The second-order valence-electron chi connectivity index (χ2n) is 5.38. The number of rotatable bonds is 5. The number of likely N-dealkylation sites (tertiary alicyclic amines) is 1. The van der Waals surface area contributed by atoms with E-state index in [2.05, 4.69) is 31.1 Å². The van der Waals surface area contributed by atoms with E-state index in [0.29, 0.717) is 12.6 Å². The molecule has 1 aliphatic rings. The molecule has 16 heavy (non-hydrogen) atoms. The molecular formula is C12H27N3O. The van der Waals surface area contributed by atoms with Gasteiger partial charge in [-0.1, -0.05) is 6.92 Å². The van der Waals surface area contributed by atoms with Crippen LogP contribution in [0.4, 0.5) is 0 Å². The van der Waals surface area contributed by atoms with Crippen molar-refractivity contribution in [3.8, 4) is 0 Å². The minimum absolute atomic E-state index is 0.0787. The average molecular weight is 229 g/mol. The molecule has 1 aliphatic heterocycles. The van der Waals surface area contributed by atoms with E-state index >= 15 is 0 Å². The largest absolute Gasteiger partial charge is 0.396 e. The molecule has 0 radical (unpaired) electrons. The molecule has 1 fully saturated rings. The summed E-state index contributed by atoms with van der Waals surface area (Å²) < 4.78 is 0. The topological polar surface area (TPSA) is 61.5 Å². The van der Waals surface area contributed by atoms with Crippen LogP contribution >= 0.6 is 0 Å². The predicted octanol–water partition coefficient (Wildman–Crippen LogP) is 0.0160. The summed E-state index contributed by atoms with van der Waals surface area (Å²) in [6.07, 6.45) is 2.20. The maximum Gasteiger partial charge on any atom is 0.0471 e. The minimum Gasteiger partial charge on any atom is -0.396 e. The molecule has 4 heteroatoms. The molecule has 1 rings (SSSR count). The first kappa shape index (κ1) is 13.9. The summed E-state index contributed by atoms with van der Waals surface area (Å²) in [6, 6.07) is 0.317. The molecule has 1 saturated heterocycles. The number of piperidine rings is 1. The fourth-order valence-electron chi connectivity index (χ4n) is 2.24. The Morgan fingerprint density at radius 3 is 2.38 bits per heavy atom. The van der Waals surface area contributed by atoms with Gasteiger partial charge < -0.3 is 21.1 Å². The van der Waals surface area contributed by atoms with Crippen LogP contribution in [-0.4, -0.2) is 54.9 Å². The molecule has 0 aromatic heterocycles. The van der Waals surface area contributed by atoms with Crippen LogP contribution in [0, 0.1) is 5.92 Å². The second-order valence-corrected chi connectivity index (χ2v) is 5.38. The lowest BCUT2D eigenvalue weighted by Crippen LogP contribution is -2.60. The van der Waals surface area contributed by atoms with Crippen molar-refractivity contribution in [1.82, 2.24) is 10.2 Å². The van der Waals surface area contributed by atoms with Gasteiger partial charge in [-0.2, -0.15) is 0 Å². The normalized spacial score (nSPS) is 25.3. The van der Waals surface area contributed by atoms with Crippen LogP contribution < -0.4 is 11.1 Å². The quantitative estimate of drug-likeness (QED) is 0.622. The van der Waals surface area contributed by atoms with E-state index in [1.54, 1.807) is 0 Å². The number of nitrogens with one attached hydrogen (secondary N) is 1. The standard InChI is InChI=1S/C12H27N3O/c1-10(8-16)11(2)14-12(9-13)4-6-15(3)7-5-12/h10-11,14,16H,4-9,13H2,1-3H3. The minimum atomic E-state index is 0.0787. The van der Waals surface area contributed by atoms with E-state index in [1.165, 1.54) is 0 Å². The Bertz CT molecular complexity index is 202. The number of nitrogens with two attached hydrogens (primary N) is 1. The summed E-state index contributed by atoms with van der Waals surface area (Å²) >= 11 is 0. The summed E-state index contributed by atoms with van der Waals surface area (Å²) in [5.41, 5.74) is 6.01. The molecule has 1 heterocycles. The van der Waals surface area contributed by atoms with Crippen LogP contribution in [0.25, 0.3) is 0 Å². The van der Waals surface area contributed by atoms with Crippen molar-refractivity contribution in [1.29, 1.82) is 0 Å². The Kier molecular flexibility index (Phi) is 5.18. The molecule has 0 aromatic carbocycles. The summed E-state index contributed by atoms with van der Waals surface area (Å²) in [5.74, 6) is 0.281. The van der Waals surface area contributed by atoms with Gasteiger partial charge in [-0.15, -0.1) is 0 Å². The van der Waals surface area contributed by atoms with E-state index in [4.69, 9.17) is 10.8 Å². The van der Waals surface area contributed by atoms with Crippen molar-refractivity contribution in [3.63, 3.8) is 0 Å². The number of hydrogen-bond acceptors (Lipinski definition) is 4. The van der Waals surface area contributed by atoms with Crippen molar-refractivity contribution in [2.75, 3.05) is 33.3 Å². The van der Waals surface area contributed by atoms with Crippen LogP contribution in [-0.2, 0) is 0 Å². The van der Waals surface area contributed by atoms with E-state index in [0.717, 1.165) is 25.9 Å². The highest BCUT2D eigenvalue weighted by molar-refractivity contribution is 4.95. The Balaban J connectivity index is 2.53. The van der Waals surface area contributed by atoms with Gasteiger partial charge in [0.1, 0.15) is 0 Å². The summed E-state index contributed by atoms with van der Waals surface area (Å²) in [6.45, 7) is 7.32. The molecular weight excluding hydrogens is 202 g/mol. The lowest BCUT2D eigenvalue weighted by Gasteiger charge is -2.43. The van der Waals surface area contributed by atoms with Crippen LogP contribution in [0.2, 0.25) is 0 Å². The number of hydrogen-bond donors (Lipinski definition) is 3. The van der Waals surface area contributed by atoms with Gasteiger partial charge in [-0.3, -0.25) is 0 Å². The van der Waals surface area contributed by atoms with Gasteiger partial charge in [-0.05, 0) is 45.8 Å². The molecule has 4 nitrogen and oxygen atoms in total. The zero-order valence-electron chi connectivity index (χ0n) is 10.9. The third-order valence-corrected chi connectivity index (χ3v) is 4.01. The van der Waals surface area contributed by atoms with Crippen molar-refractivity contribution in [2.24, 2.45) is 11.7 Å². The smallest absolute Gasteiger partial charge is 0.0471 e. The van der Waals surface area contributed by atoms with Gasteiger partial charge in [0.05, 0.1) is 0 Å². The summed E-state index contributed by atoms with van der Waals surface area (Å²) in [7, 11) is 2.15. The molecule has 0 bridgehead atoms. The molecule has 0 spiro atoms. The fraction of sp³-hybridized carbons (Fsp3) is 1.00. The fourth-order valence-corrected chi connectivity index (χ4v) is 2.24. The number of nitrogens with zero attached hydrogens (tertiary/aromatic N) is 1. The highest BCUT2D eigenvalue weighted by Crippen LogP contribution is 2.22. The van der Waals surface area contributed by atoms with Gasteiger partial charge >= 0.3 is 0 Å². The maximum atomic E-state index is 9.15. The first-order valence-corrected chi connectivity index (χ1v) is 6.30. The number of aliphatic hydroxyl groups excluding tert-OH is 1. The first-order valence-electron chi connectivity index (χ1n) is 6.30. The van der Waals surface area contributed by atoms with Gasteiger partial charge in [0.15, 0.2) is 0 Å². The van der Waals surface area contributed by atoms with Crippen LogP contribution in [0.1, 0.15) is 26.7 Å². The van der Waals surface area contributed by atoms with E-state index < -0.39 is 0 Å². The predicted molar refractivity (Wildman–Crippen MR) is 67.4 cm³/mol. The number of aliphatic hydroxyl groups is 1. The molecule has 2 unspecified atom stereocenters. The lowest BCUT2D eigenvalue weighted by molar-refractivity contribution is 0.125. The highest BCUT2D eigenvalue weighted by atomic mass is 16.3.